The van der Waals surface area contributed by atoms with Crippen LogP contribution in [0.2, 0.25) is 0 Å². The van der Waals surface area contributed by atoms with Crippen LogP contribution in [0.25, 0.3) is 0 Å². The first-order chi connectivity index (χ1) is 10.6. The topological polar surface area (TPSA) is 32.7 Å². The van der Waals surface area contributed by atoms with Crippen LogP contribution < -0.4 is 4.74 Å². The molecular weight excluding hydrogens is 274 g/mol. The van der Waals surface area contributed by atoms with Crippen LogP contribution in [0.3, 0.4) is 0 Å². The number of methoxy groups -OCH3 is 1. The number of hydrogen-bond acceptors (Lipinski definition) is 3. The average molecular weight is 301 g/mol. The summed E-state index contributed by atoms with van der Waals surface area (Å²) in [6.45, 7) is 6.84. The zero-order valence-electron chi connectivity index (χ0n) is 13.9. The molecule has 3 rings (SSSR count). The summed E-state index contributed by atoms with van der Waals surface area (Å²) in [6, 6.07) is 4.76. The summed E-state index contributed by atoms with van der Waals surface area (Å²) >= 11 is 0. The van der Waals surface area contributed by atoms with Gasteiger partial charge in [0.1, 0.15) is 5.75 Å². The largest absolute Gasteiger partial charge is 0.496 e. The predicted octanol–water partition coefficient (Wildman–Crippen LogP) is 3.46. The fourth-order valence-electron chi connectivity index (χ4n) is 3.88. The monoisotopic (exact) mass is 301 g/mol. The molecule has 0 spiro atoms. The van der Waals surface area contributed by atoms with E-state index in [1.807, 2.05) is 0 Å². The Morgan fingerprint density at radius 1 is 1.36 bits per heavy atom. The lowest BCUT2D eigenvalue weighted by molar-refractivity contribution is 0.187. The maximum absolute atomic E-state index is 9.58. The number of aliphatic hydroxyl groups excluding tert-OH is 1. The number of aliphatic hydroxyl groups is 1. The molecule has 2 aliphatic heterocycles. The van der Waals surface area contributed by atoms with Crippen LogP contribution >= 0.6 is 0 Å². The standard InChI is InChI=1S/C19H27NO2/c1-13(2)8-14-4-5-18-17-9-16(12-21)19(22-3)10-15(17)6-7-20(18)11-14/h4,9-10,13,18,21H,5-8,11-12H2,1-3H3. The molecule has 0 saturated carbocycles. The van der Waals surface area contributed by atoms with Gasteiger partial charge in [0.15, 0.2) is 0 Å². The molecular formula is C19H27NO2. The minimum Gasteiger partial charge on any atom is -0.496 e. The minimum atomic E-state index is 0.0393. The molecule has 1 atom stereocenters. The van der Waals surface area contributed by atoms with E-state index in [4.69, 9.17) is 4.74 Å². The summed E-state index contributed by atoms with van der Waals surface area (Å²) < 4.78 is 5.41. The van der Waals surface area contributed by atoms with E-state index in [0.717, 1.165) is 43.2 Å². The van der Waals surface area contributed by atoms with Crippen molar-refractivity contribution >= 4 is 0 Å². The summed E-state index contributed by atoms with van der Waals surface area (Å²) in [5.41, 5.74) is 5.26. The van der Waals surface area contributed by atoms with Crippen LogP contribution in [0.1, 0.15) is 49.4 Å². The Hall–Kier alpha value is -1.32. The Balaban J connectivity index is 1.89. The quantitative estimate of drug-likeness (QED) is 0.865. The highest BCUT2D eigenvalue weighted by Gasteiger charge is 2.30. The Bertz CT molecular complexity index is 577. The van der Waals surface area contributed by atoms with Crippen molar-refractivity contribution in [3.63, 3.8) is 0 Å². The molecule has 2 heterocycles. The third kappa shape index (κ3) is 2.92. The number of nitrogens with zero attached hydrogens (tertiary/aromatic N) is 1. The number of fused-ring (bicyclic) bond motifs is 3. The second-order valence-corrected chi connectivity index (χ2v) is 6.95. The molecule has 3 heteroatoms. The zero-order chi connectivity index (χ0) is 15.7. The molecule has 1 N–H and O–H groups in total. The Morgan fingerprint density at radius 3 is 2.86 bits per heavy atom. The van der Waals surface area contributed by atoms with Gasteiger partial charge in [0, 0.05) is 24.7 Å². The molecule has 1 aromatic carbocycles. The van der Waals surface area contributed by atoms with Crippen LogP contribution in [0.5, 0.6) is 5.75 Å². The third-order valence-corrected chi connectivity index (χ3v) is 4.89. The van der Waals surface area contributed by atoms with Crippen molar-refractivity contribution in [2.75, 3.05) is 20.2 Å². The lowest BCUT2D eigenvalue weighted by Crippen LogP contribution is -2.39. The highest BCUT2D eigenvalue weighted by Crippen LogP contribution is 2.39. The molecule has 0 radical (unpaired) electrons. The maximum atomic E-state index is 9.58. The fraction of sp³-hybridized carbons (Fsp3) is 0.579. The molecule has 0 amide bonds. The molecule has 1 aromatic rings. The Labute approximate surface area is 133 Å². The maximum Gasteiger partial charge on any atom is 0.124 e. The van der Waals surface area contributed by atoms with E-state index < -0.39 is 0 Å². The lowest BCUT2D eigenvalue weighted by atomic mass is 9.85. The minimum absolute atomic E-state index is 0.0393. The summed E-state index contributed by atoms with van der Waals surface area (Å²) in [5.74, 6) is 1.55. The normalized spacial score (nSPS) is 21.3. The van der Waals surface area contributed by atoms with Gasteiger partial charge in [-0.25, -0.2) is 0 Å². The van der Waals surface area contributed by atoms with Crippen molar-refractivity contribution < 1.29 is 9.84 Å². The number of rotatable bonds is 4. The summed E-state index contributed by atoms with van der Waals surface area (Å²) in [5, 5.41) is 9.58. The van der Waals surface area contributed by atoms with E-state index in [1.165, 1.54) is 17.5 Å². The lowest BCUT2D eigenvalue weighted by Gasteiger charge is -2.41. The molecule has 120 valence electrons. The fourth-order valence-corrected chi connectivity index (χ4v) is 3.88. The molecule has 0 fully saturated rings. The summed E-state index contributed by atoms with van der Waals surface area (Å²) in [6.07, 6.45) is 5.81. The van der Waals surface area contributed by atoms with Gasteiger partial charge in [-0.05, 0) is 48.4 Å². The van der Waals surface area contributed by atoms with Gasteiger partial charge in [-0.15, -0.1) is 0 Å². The molecule has 0 bridgehead atoms. The average Bonchev–Trinajstić information content (AvgIpc) is 2.52. The highest BCUT2D eigenvalue weighted by atomic mass is 16.5. The van der Waals surface area contributed by atoms with Gasteiger partial charge < -0.3 is 9.84 Å². The van der Waals surface area contributed by atoms with E-state index in [2.05, 4.69) is 37.0 Å². The second-order valence-electron chi connectivity index (χ2n) is 6.95. The molecule has 0 saturated heterocycles. The zero-order valence-corrected chi connectivity index (χ0v) is 13.9. The molecule has 3 nitrogen and oxygen atoms in total. The Morgan fingerprint density at radius 2 is 2.18 bits per heavy atom. The molecule has 1 unspecified atom stereocenters. The molecule has 2 aliphatic rings. The highest BCUT2D eigenvalue weighted by molar-refractivity contribution is 5.46. The van der Waals surface area contributed by atoms with Crippen LogP contribution in [0, 0.1) is 5.92 Å². The van der Waals surface area contributed by atoms with Crippen LogP contribution in [-0.4, -0.2) is 30.2 Å². The number of hydrogen-bond donors (Lipinski definition) is 1. The van der Waals surface area contributed by atoms with Gasteiger partial charge in [0.05, 0.1) is 13.7 Å². The molecule has 0 aromatic heterocycles. The summed E-state index contributed by atoms with van der Waals surface area (Å²) in [4.78, 5) is 2.60. The van der Waals surface area contributed by atoms with E-state index in [9.17, 15) is 5.11 Å². The van der Waals surface area contributed by atoms with Crippen molar-refractivity contribution in [2.24, 2.45) is 5.92 Å². The van der Waals surface area contributed by atoms with Gasteiger partial charge in [-0.3, -0.25) is 4.90 Å². The number of ether oxygens (including phenoxy) is 1. The Kier molecular flexibility index (Phi) is 4.55. The smallest absolute Gasteiger partial charge is 0.124 e. The van der Waals surface area contributed by atoms with E-state index in [-0.39, 0.29) is 6.61 Å². The van der Waals surface area contributed by atoms with Gasteiger partial charge in [-0.1, -0.05) is 25.5 Å². The van der Waals surface area contributed by atoms with Gasteiger partial charge in [-0.2, -0.15) is 0 Å². The van der Waals surface area contributed by atoms with Crippen molar-refractivity contribution in [3.05, 3.63) is 40.5 Å². The van der Waals surface area contributed by atoms with Crippen LogP contribution in [0.4, 0.5) is 0 Å². The van der Waals surface area contributed by atoms with Crippen molar-refractivity contribution in [1.82, 2.24) is 4.90 Å². The first-order valence-corrected chi connectivity index (χ1v) is 8.34. The SMILES string of the molecule is COc1cc2c(cc1CO)C1CC=C(CC(C)C)CN1CC2. The molecule has 0 aliphatic carbocycles. The van der Waals surface area contributed by atoms with Gasteiger partial charge in [0.25, 0.3) is 0 Å². The van der Waals surface area contributed by atoms with Crippen molar-refractivity contribution in [1.29, 1.82) is 0 Å². The van der Waals surface area contributed by atoms with E-state index in [0.29, 0.717) is 6.04 Å². The van der Waals surface area contributed by atoms with E-state index in [1.54, 1.807) is 12.7 Å². The van der Waals surface area contributed by atoms with Gasteiger partial charge >= 0.3 is 0 Å². The van der Waals surface area contributed by atoms with Crippen LogP contribution in [0.15, 0.2) is 23.8 Å². The third-order valence-electron chi connectivity index (χ3n) is 4.89. The predicted molar refractivity (Wildman–Crippen MR) is 89.1 cm³/mol. The molecule has 22 heavy (non-hydrogen) atoms. The van der Waals surface area contributed by atoms with Crippen molar-refractivity contribution in [3.8, 4) is 5.75 Å². The van der Waals surface area contributed by atoms with Crippen molar-refractivity contribution in [2.45, 2.75) is 45.8 Å². The van der Waals surface area contributed by atoms with Gasteiger partial charge in [0.2, 0.25) is 0 Å². The van der Waals surface area contributed by atoms with Crippen LogP contribution in [-0.2, 0) is 13.0 Å². The summed E-state index contributed by atoms with van der Waals surface area (Å²) in [7, 11) is 1.68. The van der Waals surface area contributed by atoms with E-state index >= 15 is 0 Å². The number of benzene rings is 1. The first kappa shape index (κ1) is 15.6. The second kappa shape index (κ2) is 6.43. The first-order valence-electron chi connectivity index (χ1n) is 8.34.